The van der Waals surface area contributed by atoms with Crippen LogP contribution in [0.1, 0.15) is 22.9 Å². The van der Waals surface area contributed by atoms with Crippen LogP contribution in [0.2, 0.25) is 0 Å². The van der Waals surface area contributed by atoms with Gasteiger partial charge in [-0.2, -0.15) is 0 Å². The lowest BCUT2D eigenvalue weighted by Crippen LogP contribution is -2.38. The lowest BCUT2D eigenvalue weighted by atomic mass is 10.2. The Kier molecular flexibility index (Phi) is 11.3. The number of nitrogens with one attached hydrogen (secondary N) is 2. The van der Waals surface area contributed by atoms with Crippen LogP contribution < -0.4 is 15.4 Å². The van der Waals surface area contributed by atoms with E-state index in [9.17, 15) is 0 Å². The highest BCUT2D eigenvalue weighted by atomic mass is 127. The number of aryl methyl sites for hydroxylation is 1. The topological polar surface area (TPSA) is 54.9 Å². The first kappa shape index (κ1) is 22.7. The molecule has 144 valence electrons. The quantitative estimate of drug-likeness (QED) is 0.243. The van der Waals surface area contributed by atoms with E-state index in [0.29, 0.717) is 26.3 Å². The van der Waals surface area contributed by atoms with Gasteiger partial charge in [-0.05, 0) is 36.9 Å². The molecule has 2 aromatic rings. The van der Waals surface area contributed by atoms with Gasteiger partial charge < -0.3 is 20.1 Å². The van der Waals surface area contributed by atoms with Crippen molar-refractivity contribution in [3.63, 3.8) is 0 Å². The first-order valence-electron chi connectivity index (χ1n) is 8.49. The van der Waals surface area contributed by atoms with Crippen molar-refractivity contribution in [2.45, 2.75) is 27.0 Å². The number of hydrogen-bond acceptors (Lipinski definition) is 4. The molecule has 0 unspecified atom stereocenters. The number of ether oxygens (including phenoxy) is 2. The molecule has 0 saturated carbocycles. The zero-order valence-electron chi connectivity index (χ0n) is 15.6. The Hall–Kier alpha value is -1.32. The first-order valence-corrected chi connectivity index (χ1v) is 9.37. The zero-order chi connectivity index (χ0) is 17.9. The lowest BCUT2D eigenvalue weighted by Gasteiger charge is -2.12. The molecule has 2 rings (SSSR count). The van der Waals surface area contributed by atoms with Crippen LogP contribution in [-0.4, -0.2) is 32.8 Å². The van der Waals surface area contributed by atoms with Crippen LogP contribution in [0.25, 0.3) is 0 Å². The highest BCUT2D eigenvalue weighted by Crippen LogP contribution is 2.18. The third-order valence-electron chi connectivity index (χ3n) is 3.68. The van der Waals surface area contributed by atoms with Crippen LogP contribution in [0.3, 0.4) is 0 Å². The Morgan fingerprint density at radius 3 is 2.69 bits per heavy atom. The second-order valence-electron chi connectivity index (χ2n) is 5.51. The summed E-state index contributed by atoms with van der Waals surface area (Å²) in [7, 11) is 1.68. The summed E-state index contributed by atoms with van der Waals surface area (Å²) < 4.78 is 11.1. The molecule has 0 bridgehead atoms. The van der Waals surface area contributed by atoms with E-state index in [1.165, 1.54) is 10.4 Å². The molecule has 1 heterocycles. The third-order valence-corrected chi connectivity index (χ3v) is 4.69. The number of aliphatic imine (C=N–C) groups is 1. The summed E-state index contributed by atoms with van der Waals surface area (Å²) in [6, 6.07) is 10.0. The van der Waals surface area contributed by atoms with Gasteiger partial charge in [-0.1, -0.05) is 18.2 Å². The molecule has 0 aliphatic carbocycles. The minimum Gasteiger partial charge on any atom is -0.496 e. The van der Waals surface area contributed by atoms with Gasteiger partial charge in [0.1, 0.15) is 5.75 Å². The van der Waals surface area contributed by atoms with Crippen LogP contribution in [0.5, 0.6) is 5.75 Å². The summed E-state index contributed by atoms with van der Waals surface area (Å²) in [5, 5.41) is 8.67. The SMILES string of the molecule is CCNC(=NCc1sccc1C)NCCOCc1ccccc1OC.I. The second-order valence-corrected chi connectivity index (χ2v) is 6.51. The molecule has 0 fully saturated rings. The predicted molar refractivity (Wildman–Crippen MR) is 120 cm³/mol. The number of guanidine groups is 1. The van der Waals surface area contributed by atoms with Gasteiger partial charge in [0.25, 0.3) is 0 Å². The number of hydrogen-bond donors (Lipinski definition) is 2. The Balaban J connectivity index is 0.00000338. The summed E-state index contributed by atoms with van der Waals surface area (Å²) >= 11 is 1.74. The number of benzene rings is 1. The molecule has 0 amide bonds. The zero-order valence-corrected chi connectivity index (χ0v) is 18.7. The number of rotatable bonds is 9. The van der Waals surface area contributed by atoms with Gasteiger partial charge in [-0.3, -0.25) is 0 Å². The van der Waals surface area contributed by atoms with Crippen molar-refractivity contribution >= 4 is 41.3 Å². The highest BCUT2D eigenvalue weighted by molar-refractivity contribution is 14.0. The fourth-order valence-corrected chi connectivity index (χ4v) is 3.13. The lowest BCUT2D eigenvalue weighted by molar-refractivity contribution is 0.123. The summed E-state index contributed by atoms with van der Waals surface area (Å²) in [6.07, 6.45) is 0. The normalized spacial score (nSPS) is 11.0. The molecule has 5 nitrogen and oxygen atoms in total. The number of para-hydroxylation sites is 1. The molecule has 7 heteroatoms. The molecule has 0 saturated heterocycles. The van der Waals surface area contributed by atoms with Crippen molar-refractivity contribution < 1.29 is 9.47 Å². The Bertz CT molecular complexity index is 676. The number of thiophene rings is 1. The fourth-order valence-electron chi connectivity index (χ4n) is 2.30. The highest BCUT2D eigenvalue weighted by Gasteiger charge is 2.03. The molecule has 0 spiro atoms. The standard InChI is InChI=1S/C19H27N3O2S.HI/c1-4-20-19(22-13-18-15(2)9-12-25-18)21-10-11-24-14-16-7-5-6-8-17(16)23-3;/h5-9,12H,4,10-11,13-14H2,1-3H3,(H2,20,21,22);1H. The summed E-state index contributed by atoms with van der Waals surface area (Å²) in [5.74, 6) is 1.67. The molecular weight excluding hydrogens is 461 g/mol. The average Bonchev–Trinajstić information content (AvgIpc) is 3.04. The van der Waals surface area contributed by atoms with E-state index in [0.717, 1.165) is 23.8 Å². The number of methoxy groups -OCH3 is 1. The second kappa shape index (κ2) is 12.9. The monoisotopic (exact) mass is 489 g/mol. The van der Waals surface area contributed by atoms with Crippen LogP contribution in [0, 0.1) is 6.92 Å². The summed E-state index contributed by atoms with van der Waals surface area (Å²) in [6.45, 7) is 7.54. The minimum absolute atomic E-state index is 0. The predicted octanol–water partition coefficient (Wildman–Crippen LogP) is 3.96. The average molecular weight is 489 g/mol. The number of nitrogens with zero attached hydrogens (tertiary/aromatic N) is 1. The fraction of sp³-hybridized carbons (Fsp3) is 0.421. The van der Waals surface area contributed by atoms with Crippen LogP contribution in [0.15, 0.2) is 40.7 Å². The summed E-state index contributed by atoms with van der Waals surface area (Å²) in [4.78, 5) is 5.93. The minimum atomic E-state index is 0. The van der Waals surface area contributed by atoms with Crippen molar-refractivity contribution in [3.05, 3.63) is 51.7 Å². The molecular formula is C19H28IN3O2S. The van der Waals surface area contributed by atoms with Crippen molar-refractivity contribution in [3.8, 4) is 5.75 Å². The maximum atomic E-state index is 5.74. The van der Waals surface area contributed by atoms with E-state index < -0.39 is 0 Å². The van der Waals surface area contributed by atoms with E-state index in [-0.39, 0.29) is 24.0 Å². The molecule has 0 aliphatic rings. The first-order chi connectivity index (χ1) is 12.2. The van der Waals surface area contributed by atoms with Gasteiger partial charge in [0.2, 0.25) is 0 Å². The maximum Gasteiger partial charge on any atom is 0.191 e. The Morgan fingerprint density at radius 2 is 2.00 bits per heavy atom. The van der Waals surface area contributed by atoms with Crippen molar-refractivity contribution in [2.24, 2.45) is 4.99 Å². The molecule has 1 aromatic heterocycles. The van der Waals surface area contributed by atoms with Gasteiger partial charge in [0.15, 0.2) is 5.96 Å². The van der Waals surface area contributed by atoms with E-state index in [1.807, 2.05) is 24.3 Å². The van der Waals surface area contributed by atoms with E-state index >= 15 is 0 Å². The van der Waals surface area contributed by atoms with Crippen LogP contribution in [-0.2, 0) is 17.9 Å². The van der Waals surface area contributed by atoms with E-state index in [1.54, 1.807) is 18.4 Å². The van der Waals surface area contributed by atoms with E-state index in [4.69, 9.17) is 9.47 Å². The molecule has 26 heavy (non-hydrogen) atoms. The summed E-state index contributed by atoms with van der Waals surface area (Å²) in [5.41, 5.74) is 2.35. The Morgan fingerprint density at radius 1 is 1.19 bits per heavy atom. The molecule has 0 radical (unpaired) electrons. The van der Waals surface area contributed by atoms with Gasteiger partial charge >= 0.3 is 0 Å². The Labute approximate surface area is 177 Å². The molecule has 1 aromatic carbocycles. The molecule has 0 atom stereocenters. The van der Waals surface area contributed by atoms with Crippen molar-refractivity contribution in [1.29, 1.82) is 0 Å². The van der Waals surface area contributed by atoms with Crippen LogP contribution in [0.4, 0.5) is 0 Å². The largest absolute Gasteiger partial charge is 0.496 e. The number of halogens is 1. The van der Waals surface area contributed by atoms with Gasteiger partial charge in [0, 0.05) is 23.5 Å². The van der Waals surface area contributed by atoms with E-state index in [2.05, 4.69) is 40.9 Å². The van der Waals surface area contributed by atoms with Gasteiger partial charge in [0.05, 0.1) is 26.9 Å². The van der Waals surface area contributed by atoms with Crippen molar-refractivity contribution in [2.75, 3.05) is 26.8 Å². The molecule has 2 N–H and O–H groups in total. The molecule has 0 aliphatic heterocycles. The smallest absolute Gasteiger partial charge is 0.191 e. The third kappa shape index (κ3) is 7.51. The van der Waals surface area contributed by atoms with Gasteiger partial charge in [-0.25, -0.2) is 4.99 Å². The van der Waals surface area contributed by atoms with Gasteiger partial charge in [-0.15, -0.1) is 35.3 Å². The maximum absolute atomic E-state index is 5.74. The van der Waals surface area contributed by atoms with Crippen LogP contribution >= 0.6 is 35.3 Å². The van der Waals surface area contributed by atoms with Crippen molar-refractivity contribution in [1.82, 2.24) is 10.6 Å².